The Labute approximate surface area is 162 Å². The lowest BCUT2D eigenvalue weighted by molar-refractivity contribution is -0.143. The molecule has 3 aliphatic rings. The summed E-state index contributed by atoms with van der Waals surface area (Å²) < 4.78 is 16.1. The second kappa shape index (κ2) is 6.97. The minimum Gasteiger partial charge on any atom is -0.454 e. The number of hydrogen-bond donors (Lipinski definition) is 1. The zero-order chi connectivity index (χ0) is 19.9. The highest BCUT2D eigenvalue weighted by atomic mass is 16.7. The van der Waals surface area contributed by atoms with Gasteiger partial charge >= 0.3 is 6.03 Å². The van der Waals surface area contributed by atoms with Gasteiger partial charge in [-0.15, -0.1) is 0 Å². The molecule has 2 saturated heterocycles. The van der Waals surface area contributed by atoms with Crippen LogP contribution in [0.25, 0.3) is 0 Å². The highest BCUT2D eigenvalue weighted by Crippen LogP contribution is 2.34. The van der Waals surface area contributed by atoms with Crippen LogP contribution in [-0.2, 0) is 20.7 Å². The second-order valence-corrected chi connectivity index (χ2v) is 7.54. The Morgan fingerprint density at radius 1 is 1.29 bits per heavy atom. The molecule has 0 aromatic heterocycles. The van der Waals surface area contributed by atoms with Gasteiger partial charge in [0.25, 0.3) is 5.91 Å². The highest BCUT2D eigenvalue weighted by Gasteiger charge is 2.48. The molecule has 3 heterocycles. The van der Waals surface area contributed by atoms with Crippen molar-refractivity contribution in [1.29, 1.82) is 0 Å². The van der Waals surface area contributed by atoms with Gasteiger partial charge in [0.2, 0.25) is 12.7 Å². The number of nitrogens with zero attached hydrogens (tertiary/aromatic N) is 2. The predicted molar refractivity (Wildman–Crippen MR) is 96.9 cm³/mol. The first kappa shape index (κ1) is 18.5. The molecule has 0 bridgehead atoms. The van der Waals surface area contributed by atoms with Crippen molar-refractivity contribution in [2.45, 2.75) is 31.9 Å². The molecule has 4 rings (SSSR count). The molecular weight excluding hydrogens is 366 g/mol. The van der Waals surface area contributed by atoms with Gasteiger partial charge in [-0.05, 0) is 31.5 Å². The summed E-state index contributed by atoms with van der Waals surface area (Å²) in [5.74, 6) is 0.602. The maximum Gasteiger partial charge on any atom is 0.325 e. The maximum atomic E-state index is 12.9. The maximum absolute atomic E-state index is 12.9. The van der Waals surface area contributed by atoms with Gasteiger partial charge in [0.1, 0.15) is 12.1 Å². The number of nitrogens with one attached hydrogen (secondary N) is 1. The summed E-state index contributed by atoms with van der Waals surface area (Å²) in [6.07, 6.45) is 0.227. The molecule has 0 saturated carbocycles. The van der Waals surface area contributed by atoms with E-state index in [1.165, 1.54) is 0 Å². The number of rotatable bonds is 4. The first-order valence-electron chi connectivity index (χ1n) is 9.28. The number of benzene rings is 1. The van der Waals surface area contributed by atoms with Crippen LogP contribution in [0.2, 0.25) is 0 Å². The fourth-order valence-corrected chi connectivity index (χ4v) is 3.75. The number of fused-ring (bicyclic) bond motifs is 1. The number of hydrogen-bond acceptors (Lipinski definition) is 6. The lowest BCUT2D eigenvalue weighted by Gasteiger charge is -2.32. The summed E-state index contributed by atoms with van der Waals surface area (Å²) in [5, 5.41) is 2.73. The fraction of sp³-hybridized carbons (Fsp3) is 0.526. The van der Waals surface area contributed by atoms with Crippen LogP contribution in [0.15, 0.2) is 18.2 Å². The normalized spacial score (nSPS) is 26.6. The van der Waals surface area contributed by atoms with Gasteiger partial charge in [-0.3, -0.25) is 14.5 Å². The SMILES string of the molecule is CC1CN(C(=O)CN2C(=O)NC(C)(Cc3ccc4c(c3)OCO4)C2=O)CCO1. The number of amides is 4. The third-order valence-electron chi connectivity index (χ3n) is 5.23. The molecule has 0 spiro atoms. The first-order valence-corrected chi connectivity index (χ1v) is 9.28. The standard InChI is InChI=1S/C19H23N3O6/c1-12-9-21(5-6-26-12)16(23)10-22-17(24)19(2,20-18(22)25)8-13-3-4-14-15(7-13)28-11-27-14/h3-4,7,12H,5-6,8-11H2,1-2H3,(H,20,25). The van der Waals surface area contributed by atoms with Crippen LogP contribution in [0.1, 0.15) is 19.4 Å². The van der Waals surface area contributed by atoms with Gasteiger partial charge in [-0.25, -0.2) is 4.79 Å². The number of morpholine rings is 1. The smallest absolute Gasteiger partial charge is 0.325 e. The average Bonchev–Trinajstić information content (AvgIpc) is 3.19. The van der Waals surface area contributed by atoms with Crippen molar-refractivity contribution in [3.8, 4) is 11.5 Å². The Morgan fingerprint density at radius 2 is 2.07 bits per heavy atom. The topological polar surface area (TPSA) is 97.4 Å². The van der Waals surface area contributed by atoms with Gasteiger partial charge in [0.15, 0.2) is 11.5 Å². The van der Waals surface area contributed by atoms with E-state index < -0.39 is 17.5 Å². The number of ether oxygens (including phenoxy) is 3. The molecule has 2 atom stereocenters. The van der Waals surface area contributed by atoms with Gasteiger partial charge in [-0.1, -0.05) is 6.07 Å². The van der Waals surface area contributed by atoms with Crippen molar-refractivity contribution in [3.63, 3.8) is 0 Å². The average molecular weight is 389 g/mol. The molecule has 0 radical (unpaired) electrons. The quantitative estimate of drug-likeness (QED) is 0.754. The Hall–Kier alpha value is -2.81. The summed E-state index contributed by atoms with van der Waals surface area (Å²) in [7, 11) is 0. The summed E-state index contributed by atoms with van der Waals surface area (Å²) in [6, 6.07) is 4.86. The molecule has 0 aliphatic carbocycles. The Balaban J connectivity index is 1.44. The zero-order valence-electron chi connectivity index (χ0n) is 15.9. The molecule has 9 heteroatoms. The number of carbonyl (C=O) groups is 3. The van der Waals surface area contributed by atoms with Gasteiger partial charge < -0.3 is 24.4 Å². The van der Waals surface area contributed by atoms with Crippen LogP contribution >= 0.6 is 0 Å². The molecular formula is C19H23N3O6. The van der Waals surface area contributed by atoms with E-state index in [2.05, 4.69) is 5.32 Å². The minimum absolute atomic E-state index is 0.0583. The van der Waals surface area contributed by atoms with E-state index in [4.69, 9.17) is 14.2 Å². The highest BCUT2D eigenvalue weighted by molar-refractivity contribution is 6.09. The van der Waals surface area contributed by atoms with Crippen molar-refractivity contribution in [2.24, 2.45) is 0 Å². The lowest BCUT2D eigenvalue weighted by Crippen LogP contribution is -2.50. The van der Waals surface area contributed by atoms with Crippen molar-refractivity contribution in [3.05, 3.63) is 23.8 Å². The molecule has 3 aliphatic heterocycles. The van der Waals surface area contributed by atoms with Crippen molar-refractivity contribution < 1.29 is 28.6 Å². The summed E-state index contributed by atoms with van der Waals surface area (Å²) in [6.45, 7) is 4.82. The van der Waals surface area contributed by atoms with Crippen LogP contribution in [0.4, 0.5) is 4.79 Å². The largest absolute Gasteiger partial charge is 0.454 e. The second-order valence-electron chi connectivity index (χ2n) is 7.54. The number of urea groups is 1. The molecule has 1 aromatic carbocycles. The number of carbonyl (C=O) groups excluding carboxylic acids is 3. The Morgan fingerprint density at radius 3 is 2.86 bits per heavy atom. The summed E-state index contributed by atoms with van der Waals surface area (Å²) in [4.78, 5) is 40.5. The Kier molecular flexibility index (Phi) is 4.62. The summed E-state index contributed by atoms with van der Waals surface area (Å²) in [5.41, 5.74) is -0.292. The molecule has 4 amide bonds. The van der Waals surface area contributed by atoms with Crippen molar-refractivity contribution in [2.75, 3.05) is 33.0 Å². The number of imide groups is 1. The summed E-state index contributed by atoms with van der Waals surface area (Å²) >= 11 is 0. The van der Waals surface area contributed by atoms with Crippen molar-refractivity contribution in [1.82, 2.24) is 15.1 Å². The van der Waals surface area contributed by atoms with E-state index in [-0.39, 0.29) is 31.8 Å². The molecule has 28 heavy (non-hydrogen) atoms. The van der Waals surface area contributed by atoms with E-state index in [0.717, 1.165) is 10.5 Å². The third kappa shape index (κ3) is 3.37. The third-order valence-corrected chi connectivity index (χ3v) is 5.23. The van der Waals surface area contributed by atoms with E-state index in [1.807, 2.05) is 13.0 Å². The monoisotopic (exact) mass is 389 g/mol. The van der Waals surface area contributed by atoms with Crippen LogP contribution < -0.4 is 14.8 Å². The van der Waals surface area contributed by atoms with Crippen molar-refractivity contribution >= 4 is 17.8 Å². The van der Waals surface area contributed by atoms with E-state index >= 15 is 0 Å². The van der Waals surface area contributed by atoms with Gasteiger partial charge in [0, 0.05) is 19.5 Å². The van der Waals surface area contributed by atoms with Crippen LogP contribution in [-0.4, -0.2) is 72.3 Å². The molecule has 2 unspecified atom stereocenters. The molecule has 1 N–H and O–H groups in total. The van der Waals surface area contributed by atoms with Gasteiger partial charge in [0.05, 0.1) is 12.7 Å². The van der Waals surface area contributed by atoms with E-state index in [0.29, 0.717) is 31.2 Å². The van der Waals surface area contributed by atoms with E-state index in [1.54, 1.807) is 24.0 Å². The van der Waals surface area contributed by atoms with Crippen LogP contribution in [0.3, 0.4) is 0 Å². The minimum atomic E-state index is -1.12. The molecule has 1 aromatic rings. The van der Waals surface area contributed by atoms with E-state index in [9.17, 15) is 14.4 Å². The predicted octanol–water partition coefficient (Wildman–Crippen LogP) is 0.516. The molecule has 2 fully saturated rings. The molecule has 150 valence electrons. The molecule has 9 nitrogen and oxygen atoms in total. The fourth-order valence-electron chi connectivity index (χ4n) is 3.75. The first-order chi connectivity index (χ1) is 13.4. The lowest BCUT2D eigenvalue weighted by atomic mass is 9.92. The van der Waals surface area contributed by atoms with Crippen LogP contribution in [0.5, 0.6) is 11.5 Å². The zero-order valence-corrected chi connectivity index (χ0v) is 15.9. The van der Waals surface area contributed by atoms with Crippen LogP contribution in [0, 0.1) is 0 Å². The Bertz CT molecular complexity index is 828. The van der Waals surface area contributed by atoms with Gasteiger partial charge in [-0.2, -0.15) is 0 Å².